The van der Waals surface area contributed by atoms with Gasteiger partial charge in [0.2, 0.25) is 11.8 Å². The first-order chi connectivity index (χ1) is 16.0. The average molecular weight is 444 g/mol. The molecule has 1 aliphatic heterocycles. The highest BCUT2D eigenvalue weighted by molar-refractivity contribution is 6.24. The van der Waals surface area contributed by atoms with Crippen molar-refractivity contribution in [2.75, 3.05) is 19.5 Å². The summed E-state index contributed by atoms with van der Waals surface area (Å²) < 4.78 is 10.9. The lowest BCUT2D eigenvalue weighted by atomic mass is 9.90. The number of benzene rings is 3. The smallest absolute Gasteiger partial charge is 0.238 e. The Bertz CT molecular complexity index is 1200. The SMILES string of the molecule is COc1cc2c(cc1OC)C(C(=Nc1ccc(CNC(C)=O)cc1)c1ccccc1)C(=O)N2. The quantitative estimate of drug-likeness (QED) is 0.536. The Morgan fingerprint density at radius 3 is 2.30 bits per heavy atom. The highest BCUT2D eigenvalue weighted by Gasteiger charge is 2.36. The summed E-state index contributed by atoms with van der Waals surface area (Å²) in [5, 5.41) is 5.73. The second-order valence-corrected chi connectivity index (χ2v) is 7.66. The van der Waals surface area contributed by atoms with Crippen LogP contribution < -0.4 is 20.1 Å². The molecular weight excluding hydrogens is 418 g/mol. The fourth-order valence-corrected chi connectivity index (χ4v) is 3.82. The molecule has 0 saturated carbocycles. The van der Waals surface area contributed by atoms with E-state index in [4.69, 9.17) is 14.5 Å². The molecule has 33 heavy (non-hydrogen) atoms. The number of carbonyl (C=O) groups is 2. The number of fused-ring (bicyclic) bond motifs is 1. The lowest BCUT2D eigenvalue weighted by molar-refractivity contribution is -0.119. The van der Waals surface area contributed by atoms with Gasteiger partial charge in [0.05, 0.1) is 25.6 Å². The molecule has 7 heteroatoms. The van der Waals surface area contributed by atoms with Crippen LogP contribution in [0.1, 0.15) is 29.5 Å². The van der Waals surface area contributed by atoms with Crippen LogP contribution in [0.4, 0.5) is 11.4 Å². The zero-order valence-corrected chi connectivity index (χ0v) is 18.7. The molecule has 3 aromatic carbocycles. The van der Waals surface area contributed by atoms with Crippen molar-refractivity contribution in [3.05, 3.63) is 83.4 Å². The van der Waals surface area contributed by atoms with Crippen molar-refractivity contribution < 1.29 is 19.1 Å². The number of nitrogens with one attached hydrogen (secondary N) is 2. The molecule has 0 spiro atoms. The summed E-state index contributed by atoms with van der Waals surface area (Å²) in [4.78, 5) is 29.2. The molecule has 2 N–H and O–H groups in total. The van der Waals surface area contributed by atoms with Gasteiger partial charge in [-0.25, -0.2) is 0 Å². The van der Waals surface area contributed by atoms with Gasteiger partial charge in [-0.15, -0.1) is 0 Å². The molecule has 1 heterocycles. The molecule has 0 fully saturated rings. The van der Waals surface area contributed by atoms with Gasteiger partial charge in [0, 0.05) is 25.2 Å². The monoisotopic (exact) mass is 443 g/mol. The van der Waals surface area contributed by atoms with Crippen molar-refractivity contribution >= 4 is 28.9 Å². The molecule has 1 unspecified atom stereocenters. The molecule has 168 valence electrons. The maximum Gasteiger partial charge on any atom is 0.238 e. The average Bonchev–Trinajstić information content (AvgIpc) is 3.15. The Morgan fingerprint density at radius 1 is 1.00 bits per heavy atom. The van der Waals surface area contributed by atoms with Gasteiger partial charge >= 0.3 is 0 Å². The first-order valence-electron chi connectivity index (χ1n) is 10.5. The zero-order chi connectivity index (χ0) is 23.4. The first-order valence-corrected chi connectivity index (χ1v) is 10.5. The van der Waals surface area contributed by atoms with Gasteiger partial charge < -0.3 is 20.1 Å². The molecule has 3 aromatic rings. The first kappa shape index (κ1) is 22.1. The second kappa shape index (κ2) is 9.56. The normalized spacial score (nSPS) is 14.9. The molecule has 0 radical (unpaired) electrons. The minimum Gasteiger partial charge on any atom is -0.493 e. The van der Waals surface area contributed by atoms with Crippen molar-refractivity contribution in [1.29, 1.82) is 0 Å². The summed E-state index contributed by atoms with van der Waals surface area (Å²) in [7, 11) is 3.13. The van der Waals surface area contributed by atoms with E-state index in [0.29, 0.717) is 35.1 Å². The highest BCUT2D eigenvalue weighted by Crippen LogP contribution is 2.42. The second-order valence-electron chi connectivity index (χ2n) is 7.66. The summed E-state index contributed by atoms with van der Waals surface area (Å²) in [6.45, 7) is 1.94. The number of aliphatic imine (C=N–C) groups is 1. The molecule has 0 bridgehead atoms. The van der Waals surface area contributed by atoms with E-state index in [1.165, 1.54) is 6.92 Å². The Labute approximate surface area is 192 Å². The summed E-state index contributed by atoms with van der Waals surface area (Å²) in [6.07, 6.45) is 0. The van der Waals surface area contributed by atoms with Gasteiger partial charge in [0.25, 0.3) is 0 Å². The molecule has 4 rings (SSSR count). The van der Waals surface area contributed by atoms with E-state index in [-0.39, 0.29) is 11.8 Å². The molecule has 1 aliphatic rings. The van der Waals surface area contributed by atoms with Crippen molar-refractivity contribution in [1.82, 2.24) is 5.32 Å². The maximum absolute atomic E-state index is 13.1. The minimum absolute atomic E-state index is 0.0820. The Hall–Kier alpha value is -4.13. The molecule has 7 nitrogen and oxygen atoms in total. The molecule has 0 aromatic heterocycles. The van der Waals surface area contributed by atoms with Gasteiger partial charge in [0.1, 0.15) is 5.92 Å². The van der Waals surface area contributed by atoms with Crippen LogP contribution in [0.15, 0.2) is 71.7 Å². The lowest BCUT2D eigenvalue weighted by Crippen LogP contribution is -2.22. The third-order valence-electron chi connectivity index (χ3n) is 5.46. The van der Waals surface area contributed by atoms with Crippen molar-refractivity contribution in [2.24, 2.45) is 4.99 Å². The van der Waals surface area contributed by atoms with E-state index in [2.05, 4.69) is 10.6 Å². The van der Waals surface area contributed by atoms with E-state index in [1.54, 1.807) is 20.3 Å². The van der Waals surface area contributed by atoms with Gasteiger partial charge in [-0.05, 0) is 34.9 Å². The number of methoxy groups -OCH3 is 2. The summed E-state index contributed by atoms with van der Waals surface area (Å²) >= 11 is 0. The molecule has 1 atom stereocenters. The van der Waals surface area contributed by atoms with E-state index < -0.39 is 5.92 Å². The third kappa shape index (κ3) is 4.72. The molecular formula is C26H25N3O4. The summed E-state index contributed by atoms with van der Waals surface area (Å²) in [5.41, 5.74) is 4.61. The Kier molecular flexibility index (Phi) is 6.40. The van der Waals surface area contributed by atoms with Crippen LogP contribution in [-0.4, -0.2) is 31.7 Å². The minimum atomic E-state index is -0.610. The van der Waals surface area contributed by atoms with E-state index in [0.717, 1.165) is 16.7 Å². The van der Waals surface area contributed by atoms with Crippen LogP contribution in [0.5, 0.6) is 11.5 Å². The molecule has 0 saturated heterocycles. The van der Waals surface area contributed by atoms with Crippen molar-refractivity contribution in [3.63, 3.8) is 0 Å². The van der Waals surface area contributed by atoms with E-state index in [1.807, 2.05) is 60.7 Å². The lowest BCUT2D eigenvalue weighted by Gasteiger charge is -2.15. The number of rotatable bonds is 7. The van der Waals surface area contributed by atoms with Crippen molar-refractivity contribution in [2.45, 2.75) is 19.4 Å². The van der Waals surface area contributed by atoms with Crippen LogP contribution in [0.2, 0.25) is 0 Å². The molecule has 0 aliphatic carbocycles. The van der Waals surface area contributed by atoms with Gasteiger partial charge in [-0.2, -0.15) is 0 Å². The summed E-state index contributed by atoms with van der Waals surface area (Å²) in [5.74, 6) is 0.241. The Balaban J connectivity index is 1.77. The number of hydrogen-bond donors (Lipinski definition) is 2. The van der Waals surface area contributed by atoms with Crippen LogP contribution in [0, 0.1) is 0 Å². The van der Waals surface area contributed by atoms with Gasteiger partial charge in [-0.3, -0.25) is 14.6 Å². The van der Waals surface area contributed by atoms with E-state index >= 15 is 0 Å². The van der Waals surface area contributed by atoms with Crippen LogP contribution in [0.3, 0.4) is 0 Å². The van der Waals surface area contributed by atoms with Crippen LogP contribution >= 0.6 is 0 Å². The van der Waals surface area contributed by atoms with Gasteiger partial charge in [-0.1, -0.05) is 42.5 Å². The zero-order valence-electron chi connectivity index (χ0n) is 18.7. The Morgan fingerprint density at radius 2 is 1.67 bits per heavy atom. The standard InChI is InChI=1S/C26H25N3O4/c1-16(30)27-15-17-9-11-19(12-10-17)28-25(18-7-5-4-6-8-18)24-20-13-22(32-2)23(33-3)14-21(20)29-26(24)31/h4-14,24H,15H2,1-3H3,(H,27,30)(H,29,31). The molecule has 2 amide bonds. The maximum atomic E-state index is 13.1. The third-order valence-corrected chi connectivity index (χ3v) is 5.46. The summed E-state index contributed by atoms with van der Waals surface area (Å²) in [6, 6.07) is 20.8. The predicted molar refractivity (Wildman–Crippen MR) is 128 cm³/mol. The number of anilines is 1. The fourth-order valence-electron chi connectivity index (χ4n) is 3.82. The highest BCUT2D eigenvalue weighted by atomic mass is 16.5. The number of amides is 2. The van der Waals surface area contributed by atoms with Crippen molar-refractivity contribution in [3.8, 4) is 11.5 Å². The number of hydrogen-bond acceptors (Lipinski definition) is 5. The van der Waals surface area contributed by atoms with Crippen LogP contribution in [-0.2, 0) is 16.1 Å². The number of ether oxygens (including phenoxy) is 2. The number of nitrogens with zero attached hydrogens (tertiary/aromatic N) is 1. The van der Waals surface area contributed by atoms with Crippen LogP contribution in [0.25, 0.3) is 0 Å². The predicted octanol–water partition coefficient (Wildman–Crippen LogP) is 4.20. The fraction of sp³-hybridized carbons (Fsp3) is 0.192. The number of carbonyl (C=O) groups excluding carboxylic acids is 2. The van der Waals surface area contributed by atoms with Gasteiger partial charge in [0.15, 0.2) is 11.5 Å². The van der Waals surface area contributed by atoms with E-state index in [9.17, 15) is 9.59 Å². The topological polar surface area (TPSA) is 89.0 Å². The largest absolute Gasteiger partial charge is 0.493 e.